The zero-order valence-corrected chi connectivity index (χ0v) is 7.24. The van der Waals surface area contributed by atoms with Gasteiger partial charge in [-0.2, -0.15) is 0 Å². The van der Waals surface area contributed by atoms with Gasteiger partial charge in [0.15, 0.2) is 11.5 Å². The Labute approximate surface area is 72.1 Å². The first-order valence-corrected chi connectivity index (χ1v) is 3.83. The van der Waals surface area contributed by atoms with Crippen LogP contribution in [0.4, 0.5) is 0 Å². The van der Waals surface area contributed by atoms with Crippen LogP contribution < -0.4 is 4.74 Å². The number of ether oxygens (including phenoxy) is 1. The van der Waals surface area contributed by atoms with Gasteiger partial charge in [0.2, 0.25) is 0 Å². The van der Waals surface area contributed by atoms with E-state index in [0.717, 1.165) is 5.76 Å². The van der Waals surface area contributed by atoms with Crippen LogP contribution in [0, 0.1) is 0 Å². The van der Waals surface area contributed by atoms with Crippen molar-refractivity contribution in [2.45, 2.75) is 13.8 Å². The number of hydrogen-bond donors (Lipinski definition) is 1. The van der Waals surface area contributed by atoms with Gasteiger partial charge in [-0.15, -0.1) is 0 Å². The summed E-state index contributed by atoms with van der Waals surface area (Å²) < 4.78 is 5.31. The largest absolute Gasteiger partial charge is 0.504 e. The molecule has 0 aliphatic heterocycles. The fourth-order valence-corrected chi connectivity index (χ4v) is 0.776. The Hall–Kier alpha value is -1.44. The summed E-state index contributed by atoms with van der Waals surface area (Å²) in [4.78, 5) is 0. The van der Waals surface area contributed by atoms with E-state index < -0.39 is 0 Å². The first-order chi connectivity index (χ1) is 5.74. The van der Waals surface area contributed by atoms with E-state index in [2.05, 4.69) is 0 Å². The number of aromatic hydroxyl groups is 1. The Morgan fingerprint density at radius 3 is 2.67 bits per heavy atom. The number of rotatable bonds is 2. The summed E-state index contributed by atoms with van der Waals surface area (Å²) in [5.74, 6) is 1.43. The second-order valence-electron chi connectivity index (χ2n) is 2.47. The van der Waals surface area contributed by atoms with Crippen LogP contribution in [-0.4, -0.2) is 5.11 Å². The highest BCUT2D eigenvalue weighted by molar-refractivity contribution is 5.38. The maximum atomic E-state index is 9.30. The SMILES string of the molecule is CC=C(C)Oc1ccccc1O. The first-order valence-electron chi connectivity index (χ1n) is 3.83. The maximum absolute atomic E-state index is 9.30. The molecule has 1 N–H and O–H groups in total. The molecule has 0 heterocycles. The lowest BCUT2D eigenvalue weighted by Crippen LogP contribution is -1.89. The topological polar surface area (TPSA) is 29.5 Å². The van der Waals surface area contributed by atoms with E-state index in [4.69, 9.17) is 4.74 Å². The summed E-state index contributed by atoms with van der Waals surface area (Å²) in [6, 6.07) is 6.89. The molecule has 0 radical (unpaired) electrons. The van der Waals surface area contributed by atoms with Gasteiger partial charge in [-0.25, -0.2) is 0 Å². The van der Waals surface area contributed by atoms with Crippen molar-refractivity contribution in [3.05, 3.63) is 36.1 Å². The Bertz CT molecular complexity index is 290. The average molecular weight is 164 g/mol. The van der Waals surface area contributed by atoms with E-state index in [0.29, 0.717) is 5.75 Å². The molecule has 0 amide bonds. The Kier molecular flexibility index (Phi) is 2.75. The highest BCUT2D eigenvalue weighted by Gasteiger charge is 1.99. The molecule has 0 atom stereocenters. The summed E-state index contributed by atoms with van der Waals surface area (Å²) in [7, 11) is 0. The van der Waals surface area contributed by atoms with Crippen LogP contribution in [0.5, 0.6) is 11.5 Å². The van der Waals surface area contributed by atoms with Crippen molar-refractivity contribution in [3.63, 3.8) is 0 Å². The molecule has 0 fully saturated rings. The Morgan fingerprint density at radius 1 is 1.42 bits per heavy atom. The lowest BCUT2D eigenvalue weighted by atomic mass is 10.3. The second-order valence-corrected chi connectivity index (χ2v) is 2.47. The van der Waals surface area contributed by atoms with Crippen LogP contribution in [0.1, 0.15) is 13.8 Å². The molecule has 0 saturated carbocycles. The first kappa shape index (κ1) is 8.65. The van der Waals surface area contributed by atoms with Crippen molar-refractivity contribution < 1.29 is 9.84 Å². The summed E-state index contributed by atoms with van der Waals surface area (Å²) >= 11 is 0. The van der Waals surface area contributed by atoms with Gasteiger partial charge < -0.3 is 9.84 Å². The van der Waals surface area contributed by atoms with Crippen LogP contribution in [0.25, 0.3) is 0 Å². The average Bonchev–Trinajstić information content (AvgIpc) is 2.09. The third kappa shape index (κ3) is 2.02. The fraction of sp³-hybridized carbons (Fsp3) is 0.200. The predicted molar refractivity (Wildman–Crippen MR) is 48.2 cm³/mol. The van der Waals surface area contributed by atoms with Gasteiger partial charge in [0.05, 0.1) is 5.76 Å². The summed E-state index contributed by atoms with van der Waals surface area (Å²) in [6.07, 6.45) is 1.84. The minimum Gasteiger partial charge on any atom is -0.504 e. The fourth-order valence-electron chi connectivity index (χ4n) is 0.776. The highest BCUT2D eigenvalue weighted by Crippen LogP contribution is 2.25. The molecule has 0 aliphatic carbocycles. The number of para-hydroxylation sites is 2. The number of hydrogen-bond acceptors (Lipinski definition) is 2. The van der Waals surface area contributed by atoms with Gasteiger partial charge in [0, 0.05) is 0 Å². The quantitative estimate of drug-likeness (QED) is 0.681. The van der Waals surface area contributed by atoms with Crippen LogP contribution in [0.3, 0.4) is 0 Å². The number of phenols is 1. The monoisotopic (exact) mass is 164 g/mol. The van der Waals surface area contributed by atoms with Crippen molar-refractivity contribution >= 4 is 0 Å². The van der Waals surface area contributed by atoms with E-state index in [1.54, 1.807) is 18.2 Å². The molecule has 1 aromatic carbocycles. The van der Waals surface area contributed by atoms with Gasteiger partial charge in [-0.05, 0) is 32.1 Å². The molecule has 0 unspecified atom stereocenters. The molecule has 1 aromatic rings. The molecule has 0 aromatic heterocycles. The molecular formula is C10H12O2. The van der Waals surface area contributed by atoms with Gasteiger partial charge in [0.25, 0.3) is 0 Å². The molecule has 0 spiro atoms. The lowest BCUT2D eigenvalue weighted by Gasteiger charge is -2.06. The van der Waals surface area contributed by atoms with Crippen LogP contribution >= 0.6 is 0 Å². The Morgan fingerprint density at radius 2 is 2.08 bits per heavy atom. The molecule has 12 heavy (non-hydrogen) atoms. The zero-order chi connectivity index (χ0) is 8.97. The van der Waals surface area contributed by atoms with Gasteiger partial charge in [-0.1, -0.05) is 12.1 Å². The van der Waals surface area contributed by atoms with E-state index >= 15 is 0 Å². The van der Waals surface area contributed by atoms with Crippen molar-refractivity contribution in [3.8, 4) is 11.5 Å². The van der Waals surface area contributed by atoms with E-state index in [1.807, 2.05) is 26.0 Å². The highest BCUT2D eigenvalue weighted by atomic mass is 16.5. The smallest absolute Gasteiger partial charge is 0.168 e. The summed E-state index contributed by atoms with van der Waals surface area (Å²) in [6.45, 7) is 3.72. The van der Waals surface area contributed by atoms with Gasteiger partial charge in [0.1, 0.15) is 0 Å². The minimum atomic E-state index is 0.165. The van der Waals surface area contributed by atoms with Crippen LogP contribution in [-0.2, 0) is 0 Å². The molecule has 0 saturated heterocycles. The van der Waals surface area contributed by atoms with Crippen LogP contribution in [0.15, 0.2) is 36.1 Å². The minimum absolute atomic E-state index is 0.165. The van der Waals surface area contributed by atoms with E-state index in [9.17, 15) is 5.11 Å². The molecule has 2 nitrogen and oxygen atoms in total. The molecule has 0 aliphatic rings. The van der Waals surface area contributed by atoms with E-state index in [-0.39, 0.29) is 5.75 Å². The summed E-state index contributed by atoms with van der Waals surface area (Å²) in [5.41, 5.74) is 0. The van der Waals surface area contributed by atoms with Crippen molar-refractivity contribution in [1.82, 2.24) is 0 Å². The lowest BCUT2D eigenvalue weighted by molar-refractivity contribution is 0.382. The van der Waals surface area contributed by atoms with Gasteiger partial charge in [-0.3, -0.25) is 0 Å². The molecule has 0 bridgehead atoms. The molecule has 64 valence electrons. The molecule has 2 heteroatoms. The predicted octanol–water partition coefficient (Wildman–Crippen LogP) is 2.69. The molecule has 1 rings (SSSR count). The van der Waals surface area contributed by atoms with Crippen molar-refractivity contribution in [1.29, 1.82) is 0 Å². The van der Waals surface area contributed by atoms with Crippen LogP contribution in [0.2, 0.25) is 0 Å². The Balaban J connectivity index is 2.82. The number of benzene rings is 1. The van der Waals surface area contributed by atoms with Crippen molar-refractivity contribution in [2.75, 3.05) is 0 Å². The maximum Gasteiger partial charge on any atom is 0.168 e. The summed E-state index contributed by atoms with van der Waals surface area (Å²) in [5, 5.41) is 9.30. The number of allylic oxidation sites excluding steroid dienone is 2. The standard InChI is InChI=1S/C10H12O2/c1-3-8(2)12-10-7-5-4-6-9(10)11/h3-7,11H,1-2H3. The third-order valence-corrected chi connectivity index (χ3v) is 1.54. The number of phenolic OH excluding ortho intramolecular Hbond substituents is 1. The normalized spacial score (nSPS) is 11.3. The molecular weight excluding hydrogens is 152 g/mol. The van der Waals surface area contributed by atoms with Gasteiger partial charge >= 0.3 is 0 Å². The third-order valence-electron chi connectivity index (χ3n) is 1.54. The van der Waals surface area contributed by atoms with Crippen molar-refractivity contribution in [2.24, 2.45) is 0 Å². The van der Waals surface area contributed by atoms with E-state index in [1.165, 1.54) is 0 Å². The zero-order valence-electron chi connectivity index (χ0n) is 7.24. The second kappa shape index (κ2) is 3.81.